The fraction of sp³-hybridized carbons (Fsp3) is 0.536. The lowest BCUT2D eigenvalue weighted by Crippen LogP contribution is -2.47. The second-order valence-electron chi connectivity index (χ2n) is 10.6. The summed E-state index contributed by atoms with van der Waals surface area (Å²) in [6, 6.07) is 17.8. The van der Waals surface area contributed by atoms with Crippen molar-refractivity contribution in [2.24, 2.45) is 0 Å². The standard InChI is InChI=1S/C28H35FN4.2ClH/c1-20-31-26-7-2-3-8-27(26)33(20)25-18-23-9-10-24(19-25)32(23)16-13-28(11-14-30-15-12-28)21-5-4-6-22(29)17-21;;/h2-8,17,23-25,30H,9-16,18-19H2,1H3;2*1H/t23-,24-;;/m0../s1. The van der Waals surface area contributed by atoms with Crippen molar-refractivity contribution >= 4 is 35.8 Å². The molecule has 7 heteroatoms. The summed E-state index contributed by atoms with van der Waals surface area (Å²) in [4.78, 5) is 7.65. The van der Waals surface area contributed by atoms with E-state index in [9.17, 15) is 4.39 Å². The van der Waals surface area contributed by atoms with Crippen molar-refractivity contribution in [1.29, 1.82) is 0 Å². The maximum absolute atomic E-state index is 14.1. The zero-order chi connectivity index (χ0) is 22.4. The molecule has 0 amide bonds. The number of nitrogens with zero attached hydrogens (tertiary/aromatic N) is 3. The van der Waals surface area contributed by atoms with Crippen LogP contribution in [0.25, 0.3) is 11.0 Å². The maximum Gasteiger partial charge on any atom is 0.123 e. The zero-order valence-electron chi connectivity index (χ0n) is 20.5. The van der Waals surface area contributed by atoms with Gasteiger partial charge in [-0.05, 0) is 107 Å². The Labute approximate surface area is 220 Å². The van der Waals surface area contributed by atoms with E-state index in [0.29, 0.717) is 18.1 Å². The maximum atomic E-state index is 14.1. The normalized spacial score (nSPS) is 25.7. The predicted octanol–water partition coefficient (Wildman–Crippen LogP) is 6.21. The Bertz CT molecular complexity index is 1130. The van der Waals surface area contributed by atoms with Gasteiger partial charge in [-0.1, -0.05) is 24.3 Å². The minimum absolute atomic E-state index is 0. The number of aromatic nitrogens is 2. The largest absolute Gasteiger partial charge is 0.325 e. The molecule has 2 atom stereocenters. The van der Waals surface area contributed by atoms with Gasteiger partial charge in [0.2, 0.25) is 0 Å². The first-order chi connectivity index (χ1) is 16.1. The Morgan fingerprint density at radius 1 is 0.971 bits per heavy atom. The van der Waals surface area contributed by atoms with Crippen molar-refractivity contribution in [3.63, 3.8) is 0 Å². The Hall–Kier alpha value is -1.66. The quantitative estimate of drug-likeness (QED) is 0.435. The van der Waals surface area contributed by atoms with Gasteiger partial charge in [0, 0.05) is 18.1 Å². The van der Waals surface area contributed by atoms with Gasteiger partial charge in [-0.2, -0.15) is 0 Å². The summed E-state index contributed by atoms with van der Waals surface area (Å²) < 4.78 is 16.6. The van der Waals surface area contributed by atoms with Crippen LogP contribution in [0.4, 0.5) is 4.39 Å². The van der Waals surface area contributed by atoms with E-state index in [4.69, 9.17) is 4.98 Å². The highest BCUT2D eigenvalue weighted by Gasteiger charge is 2.43. The van der Waals surface area contributed by atoms with Gasteiger partial charge in [0.1, 0.15) is 11.6 Å². The van der Waals surface area contributed by atoms with Crippen LogP contribution < -0.4 is 5.32 Å². The molecule has 0 unspecified atom stereocenters. The highest BCUT2D eigenvalue weighted by atomic mass is 35.5. The lowest BCUT2D eigenvalue weighted by molar-refractivity contribution is 0.0928. The predicted molar refractivity (Wildman–Crippen MR) is 146 cm³/mol. The van der Waals surface area contributed by atoms with Crippen LogP contribution in [-0.4, -0.2) is 46.2 Å². The Morgan fingerprint density at radius 3 is 2.40 bits per heavy atom. The van der Waals surface area contributed by atoms with Crippen molar-refractivity contribution in [2.75, 3.05) is 19.6 Å². The highest BCUT2D eigenvalue weighted by Crippen LogP contribution is 2.44. The van der Waals surface area contributed by atoms with Gasteiger partial charge in [0.25, 0.3) is 0 Å². The van der Waals surface area contributed by atoms with E-state index in [-0.39, 0.29) is 36.0 Å². The van der Waals surface area contributed by atoms with Crippen LogP contribution in [0.1, 0.15) is 62.4 Å². The average Bonchev–Trinajstić information content (AvgIpc) is 3.29. The number of imidazole rings is 1. The third-order valence-electron chi connectivity index (χ3n) is 8.84. The van der Waals surface area contributed by atoms with Crippen LogP contribution in [-0.2, 0) is 5.41 Å². The fourth-order valence-electron chi connectivity index (χ4n) is 7.20. The monoisotopic (exact) mass is 518 g/mol. The van der Waals surface area contributed by atoms with E-state index in [0.717, 1.165) is 50.2 Å². The number of halogens is 3. The van der Waals surface area contributed by atoms with Gasteiger partial charge < -0.3 is 9.88 Å². The molecule has 3 saturated heterocycles. The van der Waals surface area contributed by atoms with Crippen LogP contribution in [0.5, 0.6) is 0 Å². The Kier molecular flexibility index (Phi) is 8.12. The van der Waals surface area contributed by atoms with E-state index < -0.39 is 0 Å². The summed E-state index contributed by atoms with van der Waals surface area (Å²) in [5, 5.41) is 3.52. The fourth-order valence-corrected chi connectivity index (χ4v) is 7.20. The lowest BCUT2D eigenvalue weighted by atomic mass is 9.70. The Morgan fingerprint density at radius 2 is 1.69 bits per heavy atom. The second-order valence-corrected chi connectivity index (χ2v) is 10.6. The van der Waals surface area contributed by atoms with Gasteiger partial charge in [-0.3, -0.25) is 4.90 Å². The van der Waals surface area contributed by atoms with Crippen LogP contribution >= 0.6 is 24.8 Å². The van der Waals surface area contributed by atoms with Crippen molar-refractivity contribution in [3.8, 4) is 0 Å². The first kappa shape index (κ1) is 26.4. The van der Waals surface area contributed by atoms with E-state index in [1.165, 1.54) is 36.8 Å². The summed E-state index contributed by atoms with van der Waals surface area (Å²) in [6.45, 7) is 5.34. The summed E-state index contributed by atoms with van der Waals surface area (Å²) in [6.07, 6.45) is 8.37. The van der Waals surface area contributed by atoms with Gasteiger partial charge >= 0.3 is 0 Å². The number of nitrogens with one attached hydrogen (secondary N) is 1. The first-order valence-corrected chi connectivity index (χ1v) is 12.8. The third-order valence-corrected chi connectivity index (χ3v) is 8.84. The molecule has 0 spiro atoms. The molecule has 6 rings (SSSR count). The second kappa shape index (κ2) is 10.8. The van der Waals surface area contributed by atoms with E-state index >= 15 is 0 Å². The topological polar surface area (TPSA) is 33.1 Å². The number of fused-ring (bicyclic) bond motifs is 3. The molecule has 3 aromatic rings. The van der Waals surface area contributed by atoms with Crippen LogP contribution in [0.3, 0.4) is 0 Å². The van der Waals surface area contributed by atoms with Gasteiger partial charge in [0.05, 0.1) is 11.0 Å². The molecule has 4 nitrogen and oxygen atoms in total. The molecule has 1 N–H and O–H groups in total. The number of rotatable bonds is 5. The number of hydrogen-bond donors (Lipinski definition) is 1. The van der Waals surface area contributed by atoms with Gasteiger partial charge in [-0.25, -0.2) is 9.37 Å². The third kappa shape index (κ3) is 4.85. The molecule has 0 radical (unpaired) electrons. The molecule has 35 heavy (non-hydrogen) atoms. The van der Waals surface area contributed by atoms with Crippen molar-refractivity contribution in [2.45, 2.75) is 75.4 Å². The zero-order valence-corrected chi connectivity index (χ0v) is 22.1. The van der Waals surface area contributed by atoms with Gasteiger partial charge in [-0.15, -0.1) is 24.8 Å². The first-order valence-electron chi connectivity index (χ1n) is 12.8. The molecule has 0 aliphatic carbocycles. The van der Waals surface area contributed by atoms with Gasteiger partial charge in [0.15, 0.2) is 0 Å². The lowest BCUT2D eigenvalue weighted by Gasteiger charge is -2.44. The van der Waals surface area contributed by atoms with Crippen molar-refractivity contribution in [1.82, 2.24) is 19.8 Å². The van der Waals surface area contributed by atoms with E-state index in [1.807, 2.05) is 6.07 Å². The van der Waals surface area contributed by atoms with Crippen LogP contribution in [0, 0.1) is 12.7 Å². The molecule has 2 bridgehead atoms. The average molecular weight is 520 g/mol. The van der Waals surface area contributed by atoms with E-state index in [1.54, 1.807) is 12.1 Å². The molecule has 1 aromatic heterocycles. The van der Waals surface area contributed by atoms with Crippen molar-refractivity contribution < 1.29 is 4.39 Å². The number of aryl methyl sites for hydroxylation is 1. The highest BCUT2D eigenvalue weighted by molar-refractivity contribution is 5.85. The minimum Gasteiger partial charge on any atom is -0.325 e. The molecule has 190 valence electrons. The SMILES string of the molecule is Cc1nc2ccccc2n1C1C[C@@H]2CC[C@@H](C1)N2CCC1(c2cccc(F)c2)CCNCC1.Cl.Cl. The number of hydrogen-bond acceptors (Lipinski definition) is 3. The molecule has 0 saturated carbocycles. The Balaban J connectivity index is 0.00000144. The smallest absolute Gasteiger partial charge is 0.123 e. The number of piperidine rings is 2. The van der Waals surface area contributed by atoms with Crippen molar-refractivity contribution in [3.05, 3.63) is 65.7 Å². The minimum atomic E-state index is -0.103. The summed E-state index contributed by atoms with van der Waals surface area (Å²) in [5.74, 6) is 1.04. The summed E-state index contributed by atoms with van der Waals surface area (Å²) in [5.41, 5.74) is 3.70. The summed E-state index contributed by atoms with van der Waals surface area (Å²) >= 11 is 0. The number of para-hydroxylation sites is 2. The molecule has 3 aliphatic heterocycles. The molecular formula is C28H37Cl2FN4. The molecule has 2 aromatic carbocycles. The molecule has 4 heterocycles. The van der Waals surface area contributed by atoms with E-state index in [2.05, 4.69) is 52.0 Å². The molecular weight excluding hydrogens is 482 g/mol. The molecule has 3 fully saturated rings. The number of benzene rings is 2. The van der Waals surface area contributed by atoms with Crippen LogP contribution in [0.15, 0.2) is 48.5 Å². The van der Waals surface area contributed by atoms with Crippen LogP contribution in [0.2, 0.25) is 0 Å². The summed E-state index contributed by atoms with van der Waals surface area (Å²) in [7, 11) is 0. The molecule has 3 aliphatic rings.